The Morgan fingerprint density at radius 2 is 1.88 bits per heavy atom. The second-order valence-corrected chi connectivity index (χ2v) is 1.91. The highest BCUT2D eigenvalue weighted by molar-refractivity contribution is 4.55. The second-order valence-electron chi connectivity index (χ2n) is 1.91. The molecule has 0 atom stereocenters. The first-order valence-electron chi connectivity index (χ1n) is 2.72. The van der Waals surface area contributed by atoms with E-state index in [-0.39, 0.29) is 4.97 Å². The lowest BCUT2D eigenvalue weighted by Crippen LogP contribution is -2.27. The van der Waals surface area contributed by atoms with Crippen molar-refractivity contribution in [2.24, 2.45) is 0 Å². The molecule has 1 heterocycles. The molecule has 4 heteroatoms. The summed E-state index contributed by atoms with van der Waals surface area (Å²) >= 11 is 0. The molecule has 0 unspecified atom stereocenters. The van der Waals surface area contributed by atoms with Crippen molar-refractivity contribution in [2.75, 3.05) is 13.1 Å². The largest absolute Gasteiger partial charge is 0.570 e. The molecule has 1 aliphatic heterocycles. The molecule has 1 radical (unpaired) electrons. The van der Waals surface area contributed by atoms with Gasteiger partial charge in [-0.1, -0.05) is 0 Å². The molecule has 0 aromatic rings. The van der Waals surface area contributed by atoms with Gasteiger partial charge in [0.1, 0.15) is 0 Å². The normalized spacial score (nSPS) is 19.2. The van der Waals surface area contributed by atoms with Crippen molar-refractivity contribution < 1.29 is 4.97 Å². The van der Waals surface area contributed by atoms with E-state index in [0.29, 0.717) is 13.1 Å². The number of hydrogen-bond donors (Lipinski definition) is 0. The van der Waals surface area contributed by atoms with E-state index in [4.69, 9.17) is 5.53 Å². The van der Waals surface area contributed by atoms with Crippen LogP contribution in [0, 0.1) is 5.21 Å². The van der Waals surface area contributed by atoms with Crippen LogP contribution in [0.25, 0.3) is 0 Å². The molecule has 1 saturated heterocycles. The highest BCUT2D eigenvalue weighted by Crippen LogP contribution is 2.05. The van der Waals surface area contributed by atoms with Crippen LogP contribution >= 0.6 is 0 Å². The molecular weight excluding hydrogens is 106 g/mol. The van der Waals surface area contributed by atoms with Crippen LogP contribution in [0.5, 0.6) is 0 Å². The third-order valence-corrected chi connectivity index (χ3v) is 1.32. The highest BCUT2D eigenvalue weighted by Gasteiger charge is 2.16. The molecule has 0 aromatic carbocycles. The Bertz CT molecular complexity index is 97.5. The van der Waals surface area contributed by atoms with Crippen LogP contribution in [-0.4, -0.2) is 23.1 Å². The SMILES string of the molecule is [N]=[N+]([O-])N1CCCC1. The first-order chi connectivity index (χ1) is 3.80. The Hall–Kier alpha value is -0.800. The van der Waals surface area contributed by atoms with Gasteiger partial charge in [0.15, 0.2) is 0 Å². The summed E-state index contributed by atoms with van der Waals surface area (Å²) in [6, 6.07) is 0. The summed E-state index contributed by atoms with van der Waals surface area (Å²) in [4.78, 5) is -0.0764. The minimum Gasteiger partial charge on any atom is -0.570 e. The van der Waals surface area contributed by atoms with Crippen LogP contribution in [-0.2, 0) is 0 Å². The molecule has 4 nitrogen and oxygen atoms in total. The molecule has 1 aliphatic rings. The summed E-state index contributed by atoms with van der Waals surface area (Å²) in [5, 5.41) is 11.4. The molecule has 45 valence electrons. The van der Waals surface area contributed by atoms with Crippen molar-refractivity contribution in [3.63, 3.8) is 0 Å². The minimum absolute atomic E-state index is 0.0764. The van der Waals surface area contributed by atoms with Gasteiger partial charge in [0, 0.05) is 0 Å². The molecule has 8 heavy (non-hydrogen) atoms. The van der Waals surface area contributed by atoms with Gasteiger partial charge in [-0.25, -0.2) is 0 Å². The predicted molar refractivity (Wildman–Crippen MR) is 26.6 cm³/mol. The minimum atomic E-state index is -0.0764. The van der Waals surface area contributed by atoms with Gasteiger partial charge >= 0.3 is 0 Å². The third kappa shape index (κ3) is 0.882. The second kappa shape index (κ2) is 1.98. The first-order valence-corrected chi connectivity index (χ1v) is 2.72. The fourth-order valence-corrected chi connectivity index (χ4v) is 0.872. The maximum Gasteiger partial charge on any atom is 0.219 e. The van der Waals surface area contributed by atoms with E-state index >= 15 is 0 Å². The summed E-state index contributed by atoms with van der Waals surface area (Å²) in [6.07, 6.45) is 2.03. The van der Waals surface area contributed by atoms with Crippen LogP contribution in [0.15, 0.2) is 0 Å². The van der Waals surface area contributed by atoms with Crippen LogP contribution in [0.3, 0.4) is 0 Å². The molecule has 0 saturated carbocycles. The van der Waals surface area contributed by atoms with E-state index in [1.54, 1.807) is 0 Å². The molecular formula is C4H8N3O. The first kappa shape index (κ1) is 5.34. The van der Waals surface area contributed by atoms with Crippen molar-refractivity contribution in [2.45, 2.75) is 12.8 Å². The summed E-state index contributed by atoms with van der Waals surface area (Å²) in [5.74, 6) is 0. The topological polar surface area (TPSA) is 51.6 Å². The quantitative estimate of drug-likeness (QED) is 0.268. The standard InChI is InChI=1S/C4H8N3O/c5-7(8)6-3-1-2-4-6/h1-4H2. The Kier molecular flexibility index (Phi) is 1.32. The lowest BCUT2D eigenvalue weighted by atomic mass is 10.4. The highest BCUT2D eigenvalue weighted by atomic mass is 16.5. The molecule has 1 rings (SSSR count). The fourth-order valence-electron chi connectivity index (χ4n) is 0.872. The molecule has 0 aromatic heterocycles. The zero-order valence-corrected chi connectivity index (χ0v) is 4.58. The lowest BCUT2D eigenvalue weighted by molar-refractivity contribution is -0.688. The van der Waals surface area contributed by atoms with Crippen molar-refractivity contribution in [1.82, 2.24) is 10.5 Å². The number of hydrazine groups is 1. The molecule has 0 N–H and O–H groups in total. The van der Waals surface area contributed by atoms with Crippen LogP contribution < -0.4 is 5.53 Å². The van der Waals surface area contributed by atoms with Gasteiger partial charge in [0.05, 0.1) is 18.1 Å². The van der Waals surface area contributed by atoms with E-state index in [1.165, 1.54) is 5.01 Å². The van der Waals surface area contributed by atoms with Crippen molar-refractivity contribution >= 4 is 0 Å². The number of rotatable bonds is 1. The smallest absolute Gasteiger partial charge is 0.219 e. The number of nitrogens with zero attached hydrogens (tertiary/aromatic N) is 3. The Morgan fingerprint density at radius 1 is 1.38 bits per heavy atom. The van der Waals surface area contributed by atoms with Gasteiger partial charge < -0.3 is 5.21 Å². The Morgan fingerprint density at radius 3 is 2.12 bits per heavy atom. The average Bonchev–Trinajstić information content (AvgIpc) is 2.12. The van der Waals surface area contributed by atoms with Gasteiger partial charge in [-0.2, -0.15) is 0 Å². The monoisotopic (exact) mass is 114 g/mol. The summed E-state index contributed by atoms with van der Waals surface area (Å²) in [6.45, 7) is 1.39. The van der Waals surface area contributed by atoms with Gasteiger partial charge in [-0.05, 0) is 12.8 Å². The van der Waals surface area contributed by atoms with Gasteiger partial charge in [0.2, 0.25) is 5.53 Å². The fraction of sp³-hybridized carbons (Fsp3) is 1.00. The predicted octanol–water partition coefficient (Wildman–Crippen LogP) is -0.240. The van der Waals surface area contributed by atoms with Crippen LogP contribution in [0.4, 0.5) is 0 Å². The number of hydrogen-bond acceptors (Lipinski definition) is 1. The molecule has 1 fully saturated rings. The molecule has 0 aliphatic carbocycles. The average molecular weight is 114 g/mol. The zero-order chi connectivity index (χ0) is 5.98. The summed E-state index contributed by atoms with van der Waals surface area (Å²) in [7, 11) is 0. The lowest BCUT2D eigenvalue weighted by Gasteiger charge is -2.06. The Balaban J connectivity index is 2.35. The molecule has 0 spiro atoms. The van der Waals surface area contributed by atoms with E-state index in [2.05, 4.69) is 0 Å². The molecule has 0 amide bonds. The summed E-state index contributed by atoms with van der Waals surface area (Å²) in [5.41, 5.74) is 8.26. The third-order valence-electron chi connectivity index (χ3n) is 1.32. The van der Waals surface area contributed by atoms with Gasteiger partial charge in [0.25, 0.3) is 0 Å². The van der Waals surface area contributed by atoms with E-state index < -0.39 is 0 Å². The van der Waals surface area contributed by atoms with E-state index in [1.807, 2.05) is 0 Å². The van der Waals surface area contributed by atoms with Crippen LogP contribution in [0.1, 0.15) is 12.8 Å². The van der Waals surface area contributed by atoms with E-state index in [9.17, 15) is 5.21 Å². The van der Waals surface area contributed by atoms with Gasteiger partial charge in [-0.15, -0.1) is 5.01 Å². The summed E-state index contributed by atoms with van der Waals surface area (Å²) < 4.78 is 0. The van der Waals surface area contributed by atoms with Crippen molar-refractivity contribution in [3.05, 3.63) is 5.21 Å². The van der Waals surface area contributed by atoms with Crippen molar-refractivity contribution in [3.8, 4) is 0 Å². The zero-order valence-electron chi connectivity index (χ0n) is 4.58. The van der Waals surface area contributed by atoms with Gasteiger partial charge in [-0.3, -0.25) is 0 Å². The molecule has 0 bridgehead atoms. The van der Waals surface area contributed by atoms with Crippen LogP contribution in [0.2, 0.25) is 0 Å². The van der Waals surface area contributed by atoms with Crippen molar-refractivity contribution in [1.29, 1.82) is 0 Å². The Labute approximate surface area is 47.8 Å². The van der Waals surface area contributed by atoms with E-state index in [0.717, 1.165) is 12.8 Å². The maximum atomic E-state index is 10.0. The maximum absolute atomic E-state index is 10.0.